The van der Waals surface area contributed by atoms with Crippen molar-refractivity contribution in [3.05, 3.63) is 95.9 Å². The van der Waals surface area contributed by atoms with Crippen LogP contribution in [0.2, 0.25) is 0 Å². The molecule has 1 amide bonds. The van der Waals surface area contributed by atoms with Crippen molar-refractivity contribution < 1.29 is 27.6 Å². The zero-order valence-corrected chi connectivity index (χ0v) is 16.4. The molecule has 1 aromatic carbocycles. The first-order valence-electron chi connectivity index (χ1n) is 9.52. The Kier molecular flexibility index (Phi) is 5.36. The van der Waals surface area contributed by atoms with Crippen molar-refractivity contribution in [2.45, 2.75) is 18.1 Å². The van der Waals surface area contributed by atoms with E-state index in [2.05, 4.69) is 10.3 Å². The van der Waals surface area contributed by atoms with Gasteiger partial charge in [0, 0.05) is 24.5 Å². The number of amides is 1. The molecule has 3 heterocycles. The van der Waals surface area contributed by atoms with Crippen LogP contribution in [0.5, 0.6) is 0 Å². The van der Waals surface area contributed by atoms with Crippen LogP contribution in [0.15, 0.2) is 84.8 Å². The Morgan fingerprint density at radius 2 is 1.66 bits per heavy atom. The van der Waals surface area contributed by atoms with Gasteiger partial charge in [-0.05, 0) is 34.9 Å². The van der Waals surface area contributed by atoms with Crippen LogP contribution in [-0.4, -0.2) is 16.0 Å². The molecule has 0 saturated carbocycles. The van der Waals surface area contributed by atoms with Gasteiger partial charge in [0.2, 0.25) is 11.9 Å². The van der Waals surface area contributed by atoms with E-state index in [9.17, 15) is 28.3 Å². The number of nitrogens with zero attached hydrogens (tertiary/aromatic N) is 3. The zero-order valence-electron chi connectivity index (χ0n) is 16.4. The number of carbonyl (C=O) groups is 1. The van der Waals surface area contributed by atoms with E-state index in [4.69, 9.17) is 0 Å². The fourth-order valence-electron chi connectivity index (χ4n) is 3.86. The van der Waals surface area contributed by atoms with Crippen LogP contribution in [0.4, 0.5) is 13.2 Å². The molecule has 0 saturated heterocycles. The lowest BCUT2D eigenvalue weighted by molar-refractivity contribution is -0.711. The van der Waals surface area contributed by atoms with E-state index in [-0.39, 0.29) is 11.1 Å². The maximum absolute atomic E-state index is 13.7. The number of alkyl halides is 3. The summed E-state index contributed by atoms with van der Waals surface area (Å²) in [5.74, 6) is -2.82. The van der Waals surface area contributed by atoms with Gasteiger partial charge in [-0.1, -0.05) is 18.2 Å². The van der Waals surface area contributed by atoms with Crippen molar-refractivity contribution in [2.75, 3.05) is 0 Å². The van der Waals surface area contributed by atoms with Gasteiger partial charge >= 0.3 is 6.18 Å². The highest BCUT2D eigenvalue weighted by Crippen LogP contribution is 2.42. The Balaban J connectivity index is 1.86. The molecule has 2 atom stereocenters. The number of aromatic nitrogens is 2. The molecule has 0 bridgehead atoms. The molecule has 1 aliphatic rings. The molecule has 0 fully saturated rings. The third kappa shape index (κ3) is 3.78. The largest absolute Gasteiger partial charge is 0.494 e. The van der Waals surface area contributed by atoms with Crippen LogP contribution in [0.3, 0.4) is 0 Å². The minimum Gasteiger partial charge on any atom is -0.494 e. The molecule has 2 N–H and O–H groups in total. The van der Waals surface area contributed by atoms with E-state index in [0.717, 1.165) is 17.2 Å². The number of allylic oxidation sites excluding steroid dienone is 1. The zero-order chi connectivity index (χ0) is 22.9. The van der Waals surface area contributed by atoms with Crippen molar-refractivity contribution in [3.63, 3.8) is 0 Å². The first-order valence-corrected chi connectivity index (χ1v) is 9.52. The second-order valence-corrected chi connectivity index (χ2v) is 7.14. The van der Waals surface area contributed by atoms with E-state index in [1.54, 1.807) is 55.1 Å². The average molecular weight is 437 g/mol. The predicted molar refractivity (Wildman–Crippen MR) is 107 cm³/mol. The number of benzene rings is 1. The van der Waals surface area contributed by atoms with Gasteiger partial charge in [0.1, 0.15) is 11.6 Å². The van der Waals surface area contributed by atoms with Gasteiger partial charge in [-0.25, -0.2) is 0 Å². The number of carbonyl (C=O) groups excluding carboxylic acids is 1. The van der Waals surface area contributed by atoms with Crippen molar-refractivity contribution in [2.24, 2.45) is 0 Å². The number of halogens is 3. The van der Waals surface area contributed by atoms with Gasteiger partial charge < -0.3 is 5.11 Å². The monoisotopic (exact) mass is 437 g/mol. The third-order valence-electron chi connectivity index (χ3n) is 5.30. The molecule has 0 unspecified atom stereocenters. The van der Waals surface area contributed by atoms with E-state index >= 15 is 0 Å². The minimum atomic E-state index is -4.71. The summed E-state index contributed by atoms with van der Waals surface area (Å²) in [4.78, 5) is 16.8. The van der Waals surface area contributed by atoms with Crippen molar-refractivity contribution in [1.82, 2.24) is 10.3 Å². The highest BCUT2D eigenvalue weighted by molar-refractivity contribution is 5.84. The Bertz CT molecular complexity index is 1230. The third-order valence-corrected chi connectivity index (χ3v) is 5.30. The smallest absolute Gasteiger partial charge is 0.416 e. The Morgan fingerprint density at radius 1 is 1.03 bits per heavy atom. The second kappa shape index (κ2) is 8.15. The minimum absolute atomic E-state index is 0.270. The van der Waals surface area contributed by atoms with E-state index in [1.807, 2.05) is 0 Å². The number of nitrogens with one attached hydrogen (secondary N) is 1. The molecule has 0 radical (unpaired) electrons. The first-order chi connectivity index (χ1) is 15.3. The molecule has 4 rings (SSSR count). The number of aliphatic hydroxyl groups is 1. The second-order valence-electron chi connectivity index (χ2n) is 7.14. The topological polar surface area (TPSA) is 89.9 Å². The van der Waals surface area contributed by atoms with Crippen LogP contribution in [-0.2, 0) is 11.0 Å². The van der Waals surface area contributed by atoms with Gasteiger partial charge in [0.15, 0.2) is 12.4 Å². The Hall–Kier alpha value is -4.19. The molecular formula is C23H16F3N4O2+. The SMILES string of the molecule is N#CC1=C(O)NC(=O)[C@H]([n+]2ccc(-c3ccncc3)cc2)[C@H]1c1ccccc1C(F)(F)F. The lowest BCUT2D eigenvalue weighted by Crippen LogP contribution is -2.54. The molecular weight excluding hydrogens is 421 g/mol. The molecule has 9 heteroatoms. The highest BCUT2D eigenvalue weighted by Gasteiger charge is 2.48. The summed E-state index contributed by atoms with van der Waals surface area (Å²) in [5.41, 5.74) is 0.0883. The standard InChI is InChI=1S/C23H15F3N4O2/c24-23(25,26)18-4-2-1-3-16(18)19-17(13-27)21(31)29-22(32)20(19)30-11-7-15(8-12-30)14-5-9-28-10-6-14/h1-12,19-20H,(H-,29,31,32)/p+1/t19-,20+/m0/s1. The number of aliphatic hydroxyl groups excluding tert-OH is 1. The van der Waals surface area contributed by atoms with Crippen LogP contribution >= 0.6 is 0 Å². The van der Waals surface area contributed by atoms with Gasteiger partial charge in [-0.3, -0.25) is 15.1 Å². The molecule has 0 aliphatic carbocycles. The summed E-state index contributed by atoms with van der Waals surface area (Å²) >= 11 is 0. The normalized spacial score (nSPS) is 18.8. The maximum Gasteiger partial charge on any atom is 0.416 e. The number of pyridine rings is 2. The highest BCUT2D eigenvalue weighted by atomic mass is 19.4. The molecule has 32 heavy (non-hydrogen) atoms. The predicted octanol–water partition coefficient (Wildman–Crippen LogP) is 3.80. The molecule has 6 nitrogen and oxygen atoms in total. The summed E-state index contributed by atoms with van der Waals surface area (Å²) in [6, 6.07) is 12.3. The summed E-state index contributed by atoms with van der Waals surface area (Å²) in [5, 5.41) is 22.0. The van der Waals surface area contributed by atoms with Gasteiger partial charge in [-0.15, -0.1) is 0 Å². The number of hydrogen-bond donors (Lipinski definition) is 2. The number of hydrogen-bond acceptors (Lipinski definition) is 4. The molecule has 160 valence electrons. The average Bonchev–Trinajstić information content (AvgIpc) is 2.79. The lowest BCUT2D eigenvalue weighted by Gasteiger charge is -2.28. The van der Waals surface area contributed by atoms with E-state index in [1.165, 1.54) is 22.8 Å². The summed E-state index contributed by atoms with van der Waals surface area (Å²) in [6.07, 6.45) is 1.66. The fraction of sp³-hybridized carbons (Fsp3) is 0.130. The Labute approximate surface area is 180 Å². The summed E-state index contributed by atoms with van der Waals surface area (Å²) in [6.45, 7) is 0. The molecule has 2 aromatic heterocycles. The van der Waals surface area contributed by atoms with Gasteiger partial charge in [0.25, 0.3) is 5.91 Å². The lowest BCUT2D eigenvalue weighted by atomic mass is 9.80. The number of nitriles is 1. The van der Waals surface area contributed by atoms with Crippen molar-refractivity contribution in [3.8, 4) is 17.2 Å². The number of rotatable bonds is 3. The summed E-state index contributed by atoms with van der Waals surface area (Å²) in [7, 11) is 0. The molecule has 1 aliphatic heterocycles. The maximum atomic E-state index is 13.7. The Morgan fingerprint density at radius 3 is 2.28 bits per heavy atom. The van der Waals surface area contributed by atoms with Crippen LogP contribution in [0, 0.1) is 11.3 Å². The quantitative estimate of drug-likeness (QED) is 0.610. The fourth-order valence-corrected chi connectivity index (χ4v) is 3.86. The van der Waals surface area contributed by atoms with E-state index in [0.29, 0.717) is 0 Å². The van der Waals surface area contributed by atoms with Crippen LogP contribution < -0.4 is 9.88 Å². The van der Waals surface area contributed by atoms with Crippen LogP contribution in [0.1, 0.15) is 23.1 Å². The van der Waals surface area contributed by atoms with Gasteiger partial charge in [0.05, 0.1) is 11.5 Å². The van der Waals surface area contributed by atoms with E-state index < -0.39 is 35.5 Å². The van der Waals surface area contributed by atoms with Crippen LogP contribution in [0.25, 0.3) is 11.1 Å². The molecule has 0 spiro atoms. The van der Waals surface area contributed by atoms with Crippen molar-refractivity contribution in [1.29, 1.82) is 5.26 Å². The first kappa shape index (κ1) is 21.1. The van der Waals surface area contributed by atoms with Gasteiger partial charge in [-0.2, -0.15) is 23.0 Å². The molecule has 3 aromatic rings. The summed E-state index contributed by atoms with van der Waals surface area (Å²) < 4.78 is 42.6. The van der Waals surface area contributed by atoms with Crippen molar-refractivity contribution >= 4 is 5.91 Å².